The quantitative estimate of drug-likeness (QED) is 0.833. The highest BCUT2D eigenvalue weighted by Crippen LogP contribution is 2.24. The van der Waals surface area contributed by atoms with E-state index in [1.165, 1.54) is 18.3 Å². The summed E-state index contributed by atoms with van der Waals surface area (Å²) in [5, 5.41) is 2.29. The Labute approximate surface area is 115 Å². The number of benzene rings is 1. The molecule has 19 heavy (non-hydrogen) atoms. The Morgan fingerprint density at radius 1 is 1.26 bits per heavy atom. The lowest BCUT2D eigenvalue weighted by atomic mass is 10.2. The Morgan fingerprint density at radius 3 is 2.68 bits per heavy atom. The number of rotatable bonds is 2. The Hall–Kier alpha value is -2.02. The summed E-state index contributed by atoms with van der Waals surface area (Å²) < 4.78 is 26.6. The zero-order chi connectivity index (χ0) is 14.0. The van der Waals surface area contributed by atoms with Gasteiger partial charge in [-0.15, -0.1) is 0 Å². The van der Waals surface area contributed by atoms with Crippen molar-refractivity contribution in [2.75, 3.05) is 11.1 Å². The summed E-state index contributed by atoms with van der Waals surface area (Å²) in [5.74, 6) is -2.26. The molecule has 1 heterocycles. The fourth-order valence-electron chi connectivity index (χ4n) is 1.38. The van der Waals surface area contributed by atoms with E-state index in [0.717, 1.165) is 6.07 Å². The van der Waals surface area contributed by atoms with Crippen LogP contribution in [0, 0.1) is 11.6 Å². The molecule has 0 spiro atoms. The van der Waals surface area contributed by atoms with E-state index in [-0.39, 0.29) is 15.9 Å². The SMILES string of the molecule is Nc1ccnc(C(=O)Nc2cc(Br)c(F)cc2F)c1. The second kappa shape index (κ2) is 5.31. The third-order valence-corrected chi connectivity index (χ3v) is 2.88. The first-order valence-electron chi connectivity index (χ1n) is 5.15. The van der Waals surface area contributed by atoms with Crippen LogP contribution in [0.1, 0.15) is 10.5 Å². The second-order valence-electron chi connectivity index (χ2n) is 3.67. The molecule has 0 atom stereocenters. The average molecular weight is 328 g/mol. The van der Waals surface area contributed by atoms with Gasteiger partial charge in [0.2, 0.25) is 0 Å². The zero-order valence-corrected chi connectivity index (χ0v) is 11.0. The third kappa shape index (κ3) is 3.05. The van der Waals surface area contributed by atoms with Crippen LogP contribution >= 0.6 is 15.9 Å². The molecule has 4 nitrogen and oxygen atoms in total. The first-order valence-corrected chi connectivity index (χ1v) is 5.94. The summed E-state index contributed by atoms with van der Waals surface area (Å²) >= 11 is 2.91. The molecule has 0 aliphatic rings. The van der Waals surface area contributed by atoms with Crippen molar-refractivity contribution in [1.82, 2.24) is 4.98 Å². The fraction of sp³-hybridized carbons (Fsp3) is 0. The Bertz CT molecular complexity index is 649. The van der Waals surface area contributed by atoms with Crippen LogP contribution in [0.3, 0.4) is 0 Å². The van der Waals surface area contributed by atoms with Gasteiger partial charge in [0.1, 0.15) is 17.3 Å². The summed E-state index contributed by atoms with van der Waals surface area (Å²) in [6.07, 6.45) is 1.36. The van der Waals surface area contributed by atoms with Crippen LogP contribution < -0.4 is 11.1 Å². The number of hydrogen-bond donors (Lipinski definition) is 2. The van der Waals surface area contributed by atoms with Crippen molar-refractivity contribution in [3.05, 3.63) is 52.3 Å². The summed E-state index contributed by atoms with van der Waals surface area (Å²) in [4.78, 5) is 15.6. The Morgan fingerprint density at radius 2 is 2.00 bits per heavy atom. The number of nitrogens with one attached hydrogen (secondary N) is 1. The monoisotopic (exact) mass is 327 g/mol. The first-order chi connectivity index (χ1) is 8.97. The van der Waals surface area contributed by atoms with Crippen LogP contribution in [0.15, 0.2) is 34.9 Å². The predicted molar refractivity (Wildman–Crippen MR) is 70.7 cm³/mol. The fourth-order valence-corrected chi connectivity index (χ4v) is 1.72. The van der Waals surface area contributed by atoms with Gasteiger partial charge < -0.3 is 11.1 Å². The molecule has 7 heteroatoms. The number of anilines is 2. The molecule has 1 amide bonds. The van der Waals surface area contributed by atoms with Gasteiger partial charge >= 0.3 is 0 Å². The highest BCUT2D eigenvalue weighted by atomic mass is 79.9. The van der Waals surface area contributed by atoms with Gasteiger partial charge in [0.05, 0.1) is 10.2 Å². The number of nitrogens with zero attached hydrogens (tertiary/aromatic N) is 1. The molecule has 1 aromatic carbocycles. The zero-order valence-electron chi connectivity index (χ0n) is 9.45. The molecule has 98 valence electrons. The molecule has 0 aliphatic heterocycles. The topological polar surface area (TPSA) is 68.0 Å². The van der Waals surface area contributed by atoms with E-state index in [1.54, 1.807) is 0 Å². The lowest BCUT2D eigenvalue weighted by Crippen LogP contribution is -2.15. The maximum Gasteiger partial charge on any atom is 0.274 e. The van der Waals surface area contributed by atoms with E-state index in [1.807, 2.05) is 0 Å². The molecule has 0 saturated heterocycles. The van der Waals surface area contributed by atoms with Gasteiger partial charge in [-0.25, -0.2) is 8.78 Å². The van der Waals surface area contributed by atoms with Gasteiger partial charge in [-0.1, -0.05) is 0 Å². The Balaban J connectivity index is 2.27. The van der Waals surface area contributed by atoms with E-state index >= 15 is 0 Å². The van der Waals surface area contributed by atoms with E-state index in [2.05, 4.69) is 26.2 Å². The van der Waals surface area contributed by atoms with Crippen LogP contribution in [-0.2, 0) is 0 Å². The number of amides is 1. The minimum absolute atomic E-state index is 0.0415. The number of nitrogens with two attached hydrogens (primary N) is 1. The summed E-state index contributed by atoms with van der Waals surface area (Å²) in [6, 6.07) is 4.68. The number of aromatic nitrogens is 1. The van der Waals surface area contributed by atoms with Crippen molar-refractivity contribution >= 4 is 33.2 Å². The van der Waals surface area contributed by atoms with Crippen LogP contribution in [0.4, 0.5) is 20.2 Å². The maximum absolute atomic E-state index is 13.5. The number of carbonyl (C=O) groups excluding carboxylic acids is 1. The van der Waals surface area contributed by atoms with Crippen molar-refractivity contribution in [2.45, 2.75) is 0 Å². The minimum atomic E-state index is -0.877. The van der Waals surface area contributed by atoms with Crippen molar-refractivity contribution in [3.8, 4) is 0 Å². The molecule has 0 unspecified atom stereocenters. The number of nitrogen functional groups attached to an aromatic ring is 1. The molecule has 0 radical (unpaired) electrons. The molecule has 2 rings (SSSR count). The van der Waals surface area contributed by atoms with Crippen molar-refractivity contribution < 1.29 is 13.6 Å². The number of hydrogen-bond acceptors (Lipinski definition) is 3. The van der Waals surface area contributed by atoms with E-state index in [4.69, 9.17) is 5.73 Å². The van der Waals surface area contributed by atoms with Crippen molar-refractivity contribution in [2.24, 2.45) is 0 Å². The molecule has 0 bridgehead atoms. The first kappa shape index (κ1) is 13.4. The largest absolute Gasteiger partial charge is 0.399 e. The molecule has 0 saturated carbocycles. The molecule has 1 aromatic heterocycles. The normalized spacial score (nSPS) is 10.3. The van der Waals surface area contributed by atoms with E-state index in [9.17, 15) is 13.6 Å². The third-order valence-electron chi connectivity index (χ3n) is 2.27. The smallest absolute Gasteiger partial charge is 0.274 e. The van der Waals surface area contributed by atoms with Gasteiger partial charge in [0.15, 0.2) is 0 Å². The van der Waals surface area contributed by atoms with Crippen LogP contribution in [-0.4, -0.2) is 10.9 Å². The molecule has 3 N–H and O–H groups in total. The lowest BCUT2D eigenvalue weighted by molar-refractivity contribution is 0.102. The predicted octanol–water partition coefficient (Wildman–Crippen LogP) is 2.96. The van der Waals surface area contributed by atoms with Gasteiger partial charge in [0, 0.05) is 18.0 Å². The summed E-state index contributed by atoms with van der Waals surface area (Å²) in [5.41, 5.74) is 5.77. The average Bonchev–Trinajstić information content (AvgIpc) is 2.36. The lowest BCUT2D eigenvalue weighted by Gasteiger charge is -2.07. The van der Waals surface area contributed by atoms with Crippen molar-refractivity contribution in [1.29, 1.82) is 0 Å². The van der Waals surface area contributed by atoms with Gasteiger partial charge in [-0.2, -0.15) is 0 Å². The van der Waals surface area contributed by atoms with E-state index < -0.39 is 17.5 Å². The highest BCUT2D eigenvalue weighted by Gasteiger charge is 2.13. The summed E-state index contributed by atoms with van der Waals surface area (Å²) in [7, 11) is 0. The molecule has 0 fully saturated rings. The molecule has 0 aliphatic carbocycles. The Kier molecular flexibility index (Phi) is 3.75. The number of carbonyl (C=O) groups is 1. The van der Waals surface area contributed by atoms with Crippen LogP contribution in [0.25, 0.3) is 0 Å². The summed E-state index contributed by atoms with van der Waals surface area (Å²) in [6.45, 7) is 0. The number of halogens is 3. The number of pyridine rings is 1. The molecular weight excluding hydrogens is 320 g/mol. The standard InChI is InChI=1S/C12H8BrF2N3O/c13-7-4-10(9(15)5-8(7)14)18-12(19)11-3-6(16)1-2-17-11/h1-5H,(H2,16,17)(H,18,19). The van der Waals surface area contributed by atoms with Gasteiger partial charge in [-0.3, -0.25) is 9.78 Å². The van der Waals surface area contributed by atoms with Gasteiger partial charge in [0.25, 0.3) is 5.91 Å². The van der Waals surface area contributed by atoms with E-state index in [0.29, 0.717) is 11.8 Å². The van der Waals surface area contributed by atoms with Crippen LogP contribution in [0.2, 0.25) is 0 Å². The van der Waals surface area contributed by atoms with Crippen molar-refractivity contribution in [3.63, 3.8) is 0 Å². The van der Waals surface area contributed by atoms with Gasteiger partial charge in [-0.05, 0) is 34.1 Å². The highest BCUT2D eigenvalue weighted by molar-refractivity contribution is 9.10. The maximum atomic E-state index is 13.5. The minimum Gasteiger partial charge on any atom is -0.399 e. The van der Waals surface area contributed by atoms with Crippen LogP contribution in [0.5, 0.6) is 0 Å². The second-order valence-corrected chi connectivity index (χ2v) is 4.53. The molecular formula is C12H8BrF2N3O. The molecule has 2 aromatic rings.